The molecule has 7 heteroatoms. The molecule has 1 saturated heterocycles. The SMILES string of the molecule is CCC(Nc1ccc(N2CCN(Cc3ccccc3)CC2)cc1)C(=O)Nc1cc(C)on1. The molecule has 0 saturated carbocycles. The summed E-state index contributed by atoms with van der Waals surface area (Å²) < 4.78 is 5.01. The highest BCUT2D eigenvalue weighted by Gasteiger charge is 2.19. The van der Waals surface area contributed by atoms with Crippen molar-refractivity contribution in [3.8, 4) is 0 Å². The van der Waals surface area contributed by atoms with Crippen molar-refractivity contribution in [1.82, 2.24) is 10.1 Å². The molecule has 1 aliphatic rings. The van der Waals surface area contributed by atoms with Gasteiger partial charge in [0.2, 0.25) is 5.91 Å². The van der Waals surface area contributed by atoms with Crippen LogP contribution in [0.1, 0.15) is 24.7 Å². The van der Waals surface area contributed by atoms with Gasteiger partial charge in [-0.2, -0.15) is 0 Å². The second-order valence-electron chi connectivity index (χ2n) is 8.21. The second kappa shape index (κ2) is 10.3. The highest BCUT2D eigenvalue weighted by atomic mass is 16.5. The molecule has 168 valence electrons. The Hall–Kier alpha value is -3.32. The van der Waals surface area contributed by atoms with E-state index in [4.69, 9.17) is 4.52 Å². The number of anilines is 3. The maximum absolute atomic E-state index is 12.6. The molecular formula is C25H31N5O2. The van der Waals surface area contributed by atoms with Crippen molar-refractivity contribution in [2.45, 2.75) is 32.9 Å². The number of carbonyl (C=O) groups is 1. The molecule has 2 N–H and O–H groups in total. The molecule has 1 amide bonds. The summed E-state index contributed by atoms with van der Waals surface area (Å²) >= 11 is 0. The molecule has 2 heterocycles. The number of carbonyl (C=O) groups excluding carboxylic acids is 1. The Morgan fingerprint density at radius 1 is 1.06 bits per heavy atom. The average molecular weight is 434 g/mol. The van der Waals surface area contributed by atoms with Crippen LogP contribution in [0.15, 0.2) is 65.2 Å². The van der Waals surface area contributed by atoms with Crippen LogP contribution in [0.25, 0.3) is 0 Å². The summed E-state index contributed by atoms with van der Waals surface area (Å²) in [5.74, 6) is 0.978. The summed E-state index contributed by atoms with van der Waals surface area (Å²) in [5.41, 5.74) is 3.50. The van der Waals surface area contributed by atoms with Gasteiger partial charge >= 0.3 is 0 Å². The lowest BCUT2D eigenvalue weighted by Gasteiger charge is -2.36. The molecular weight excluding hydrogens is 402 g/mol. The molecule has 1 fully saturated rings. The van der Waals surface area contributed by atoms with E-state index < -0.39 is 0 Å². The molecule has 3 aromatic rings. The van der Waals surface area contributed by atoms with Gasteiger partial charge in [0.15, 0.2) is 5.82 Å². The summed E-state index contributed by atoms with van der Waals surface area (Å²) in [6, 6.07) is 20.3. The summed E-state index contributed by atoms with van der Waals surface area (Å²) in [6.07, 6.45) is 0.661. The largest absolute Gasteiger partial charge is 0.374 e. The lowest BCUT2D eigenvalue weighted by Crippen LogP contribution is -2.45. The Labute approximate surface area is 189 Å². The molecule has 0 bridgehead atoms. The monoisotopic (exact) mass is 433 g/mol. The third-order valence-electron chi connectivity index (χ3n) is 5.80. The van der Waals surface area contributed by atoms with Crippen LogP contribution in [0.2, 0.25) is 0 Å². The lowest BCUT2D eigenvalue weighted by atomic mass is 10.1. The summed E-state index contributed by atoms with van der Waals surface area (Å²) in [7, 11) is 0. The highest BCUT2D eigenvalue weighted by molar-refractivity contribution is 5.95. The zero-order chi connectivity index (χ0) is 22.3. The van der Waals surface area contributed by atoms with Crippen molar-refractivity contribution >= 4 is 23.1 Å². The zero-order valence-corrected chi connectivity index (χ0v) is 18.8. The van der Waals surface area contributed by atoms with Crippen molar-refractivity contribution in [2.24, 2.45) is 0 Å². The topological polar surface area (TPSA) is 73.6 Å². The molecule has 4 rings (SSSR count). The third kappa shape index (κ3) is 5.68. The number of piperazine rings is 1. The van der Waals surface area contributed by atoms with Crippen molar-refractivity contribution in [3.63, 3.8) is 0 Å². The van der Waals surface area contributed by atoms with Gasteiger partial charge in [0.1, 0.15) is 11.8 Å². The van der Waals surface area contributed by atoms with Crippen LogP contribution in [0.3, 0.4) is 0 Å². The molecule has 1 aromatic heterocycles. The van der Waals surface area contributed by atoms with Crippen molar-refractivity contribution in [1.29, 1.82) is 0 Å². The van der Waals surface area contributed by atoms with Crippen LogP contribution >= 0.6 is 0 Å². The number of nitrogens with one attached hydrogen (secondary N) is 2. The zero-order valence-electron chi connectivity index (χ0n) is 18.8. The van der Waals surface area contributed by atoms with Crippen LogP contribution in [0, 0.1) is 6.92 Å². The van der Waals surface area contributed by atoms with Gasteiger partial charge in [0.05, 0.1) is 0 Å². The summed E-state index contributed by atoms with van der Waals surface area (Å²) in [6.45, 7) is 8.90. The first-order valence-corrected chi connectivity index (χ1v) is 11.2. The number of benzene rings is 2. The lowest BCUT2D eigenvalue weighted by molar-refractivity contribution is -0.117. The number of hydrogen-bond donors (Lipinski definition) is 2. The predicted octanol–water partition coefficient (Wildman–Crippen LogP) is 4.13. The number of amides is 1. The fourth-order valence-corrected chi connectivity index (χ4v) is 3.97. The van der Waals surface area contributed by atoms with Crippen molar-refractivity contribution in [2.75, 3.05) is 41.7 Å². The minimum absolute atomic E-state index is 0.126. The van der Waals surface area contributed by atoms with Crippen LogP contribution in [-0.4, -0.2) is 48.2 Å². The van der Waals surface area contributed by atoms with Crippen molar-refractivity contribution < 1.29 is 9.32 Å². The summed E-state index contributed by atoms with van der Waals surface area (Å²) in [4.78, 5) is 17.5. The van der Waals surface area contributed by atoms with Gasteiger partial charge in [-0.15, -0.1) is 0 Å². The van der Waals surface area contributed by atoms with Gasteiger partial charge in [0.25, 0.3) is 0 Å². The molecule has 1 atom stereocenters. The fraction of sp³-hybridized carbons (Fsp3) is 0.360. The molecule has 32 heavy (non-hydrogen) atoms. The van der Waals surface area contributed by atoms with Gasteiger partial charge in [-0.05, 0) is 43.2 Å². The maximum atomic E-state index is 12.6. The van der Waals surface area contributed by atoms with E-state index in [1.807, 2.05) is 19.1 Å². The predicted molar refractivity (Wildman–Crippen MR) is 128 cm³/mol. The standard InChI is InChI=1S/C25H31N5O2/c1-3-23(25(31)27-24-17-19(2)32-28-24)26-21-9-11-22(12-10-21)30-15-13-29(14-16-30)18-20-7-5-4-6-8-20/h4-12,17,23,26H,3,13-16,18H2,1-2H3,(H,27,28,31). The van der Waals surface area contributed by atoms with Gasteiger partial charge in [-0.1, -0.05) is 42.4 Å². The van der Waals surface area contributed by atoms with Gasteiger partial charge in [-0.3, -0.25) is 9.69 Å². The van der Waals surface area contributed by atoms with Crippen LogP contribution in [0.5, 0.6) is 0 Å². The summed E-state index contributed by atoms with van der Waals surface area (Å²) in [5, 5.41) is 9.95. The van der Waals surface area contributed by atoms with E-state index in [2.05, 4.69) is 68.1 Å². The van der Waals surface area contributed by atoms with Gasteiger partial charge in [0, 0.05) is 50.2 Å². The normalized spacial score (nSPS) is 15.4. The van der Waals surface area contributed by atoms with Gasteiger partial charge in [-0.25, -0.2) is 0 Å². The Morgan fingerprint density at radius 2 is 1.78 bits per heavy atom. The minimum atomic E-state index is -0.348. The Balaban J connectivity index is 1.28. The molecule has 0 aliphatic carbocycles. The highest BCUT2D eigenvalue weighted by Crippen LogP contribution is 2.21. The molecule has 0 spiro atoms. The third-order valence-corrected chi connectivity index (χ3v) is 5.80. The first-order valence-electron chi connectivity index (χ1n) is 11.2. The number of hydrogen-bond acceptors (Lipinski definition) is 6. The second-order valence-corrected chi connectivity index (χ2v) is 8.21. The minimum Gasteiger partial charge on any atom is -0.374 e. The quantitative estimate of drug-likeness (QED) is 0.556. The van der Waals surface area contributed by atoms with E-state index in [9.17, 15) is 4.79 Å². The first kappa shape index (κ1) is 21.9. The van der Waals surface area contributed by atoms with E-state index >= 15 is 0 Å². The smallest absolute Gasteiger partial charge is 0.248 e. The molecule has 0 radical (unpaired) electrons. The van der Waals surface area contributed by atoms with E-state index in [0.29, 0.717) is 18.0 Å². The fourth-order valence-electron chi connectivity index (χ4n) is 3.97. The molecule has 1 aliphatic heterocycles. The molecule has 1 unspecified atom stereocenters. The van der Waals surface area contributed by atoms with Crippen molar-refractivity contribution in [3.05, 3.63) is 72.0 Å². The Kier molecular flexibility index (Phi) is 7.07. The molecule has 2 aromatic carbocycles. The molecule has 7 nitrogen and oxygen atoms in total. The van der Waals surface area contributed by atoms with E-state index in [1.165, 1.54) is 11.3 Å². The van der Waals surface area contributed by atoms with Crippen LogP contribution < -0.4 is 15.5 Å². The first-order chi connectivity index (χ1) is 15.6. The van der Waals surface area contributed by atoms with Crippen LogP contribution in [0.4, 0.5) is 17.2 Å². The van der Waals surface area contributed by atoms with Gasteiger partial charge < -0.3 is 20.1 Å². The van der Waals surface area contributed by atoms with Crippen LogP contribution in [-0.2, 0) is 11.3 Å². The Bertz CT molecular complexity index is 995. The van der Waals surface area contributed by atoms with E-state index in [-0.39, 0.29) is 11.9 Å². The van der Waals surface area contributed by atoms with E-state index in [1.54, 1.807) is 13.0 Å². The van der Waals surface area contributed by atoms with E-state index in [0.717, 1.165) is 38.4 Å². The number of rotatable bonds is 8. The number of aromatic nitrogens is 1. The number of aryl methyl sites for hydroxylation is 1. The maximum Gasteiger partial charge on any atom is 0.248 e. The average Bonchev–Trinajstić information content (AvgIpc) is 3.23. The number of nitrogens with zero attached hydrogens (tertiary/aromatic N) is 3. The Morgan fingerprint density at radius 3 is 2.41 bits per heavy atom.